The number of likely N-dealkylation sites (tertiary alicyclic amines) is 1. The van der Waals surface area contributed by atoms with E-state index in [1.807, 2.05) is 41.4 Å². The molecule has 1 aromatic carbocycles. The summed E-state index contributed by atoms with van der Waals surface area (Å²) >= 11 is 0. The lowest BCUT2D eigenvalue weighted by Crippen LogP contribution is -2.38. The Balaban J connectivity index is 1.31. The third kappa shape index (κ3) is 3.82. The zero-order valence-electron chi connectivity index (χ0n) is 15.6. The second-order valence-electron chi connectivity index (χ2n) is 7.15. The first-order valence-corrected chi connectivity index (χ1v) is 9.57. The minimum Gasteiger partial charge on any atom is -0.497 e. The van der Waals surface area contributed by atoms with Gasteiger partial charge in [-0.2, -0.15) is 0 Å². The second-order valence-corrected chi connectivity index (χ2v) is 7.15. The number of H-pyrrole nitrogens is 1. The number of hydrogen-bond donors (Lipinski definition) is 1. The monoisotopic (exact) mass is 363 g/mol. The van der Waals surface area contributed by atoms with E-state index in [1.54, 1.807) is 7.11 Å². The number of hydrogen-bond acceptors (Lipinski definition) is 3. The summed E-state index contributed by atoms with van der Waals surface area (Å²) in [4.78, 5) is 22.4. The van der Waals surface area contributed by atoms with Crippen LogP contribution in [0.1, 0.15) is 36.3 Å². The van der Waals surface area contributed by atoms with Gasteiger partial charge in [-0.05, 0) is 60.6 Å². The van der Waals surface area contributed by atoms with Crippen LogP contribution in [0.15, 0.2) is 48.8 Å². The summed E-state index contributed by atoms with van der Waals surface area (Å²) in [5.74, 6) is 1.57. The number of pyridine rings is 1. The van der Waals surface area contributed by atoms with Crippen molar-refractivity contribution < 1.29 is 9.53 Å². The van der Waals surface area contributed by atoms with Crippen LogP contribution in [0.4, 0.5) is 0 Å². The third-order valence-electron chi connectivity index (χ3n) is 5.54. The molecule has 5 heteroatoms. The Morgan fingerprint density at radius 1 is 1.22 bits per heavy atom. The summed E-state index contributed by atoms with van der Waals surface area (Å²) in [7, 11) is 1.66. The molecule has 0 unspecified atom stereocenters. The molecule has 140 valence electrons. The molecule has 1 fully saturated rings. The first kappa shape index (κ1) is 17.6. The number of aromatic amines is 1. The van der Waals surface area contributed by atoms with Gasteiger partial charge in [0.2, 0.25) is 5.91 Å². The largest absolute Gasteiger partial charge is 0.497 e. The Kier molecular flexibility index (Phi) is 5.10. The summed E-state index contributed by atoms with van der Waals surface area (Å²) in [6.07, 6.45) is 7.26. The smallest absolute Gasteiger partial charge is 0.222 e. The molecule has 1 aliphatic heterocycles. The quantitative estimate of drug-likeness (QED) is 0.748. The molecule has 4 rings (SSSR count). The highest BCUT2D eigenvalue weighted by Crippen LogP contribution is 2.32. The number of amides is 1. The van der Waals surface area contributed by atoms with E-state index in [0.717, 1.165) is 49.1 Å². The molecule has 1 saturated heterocycles. The highest BCUT2D eigenvalue weighted by atomic mass is 16.5. The first-order chi connectivity index (χ1) is 13.2. The van der Waals surface area contributed by atoms with E-state index in [0.29, 0.717) is 12.3 Å². The van der Waals surface area contributed by atoms with Crippen molar-refractivity contribution in [3.8, 4) is 5.75 Å². The third-order valence-corrected chi connectivity index (χ3v) is 5.54. The Morgan fingerprint density at radius 2 is 2.00 bits per heavy atom. The fourth-order valence-electron chi connectivity index (χ4n) is 3.93. The summed E-state index contributed by atoms with van der Waals surface area (Å²) in [6.45, 7) is 1.65. The van der Waals surface area contributed by atoms with Crippen LogP contribution >= 0.6 is 0 Å². The summed E-state index contributed by atoms with van der Waals surface area (Å²) < 4.78 is 5.18. The topological polar surface area (TPSA) is 58.2 Å². The minimum atomic E-state index is 0.251. The van der Waals surface area contributed by atoms with Gasteiger partial charge in [-0.3, -0.25) is 9.78 Å². The van der Waals surface area contributed by atoms with Crippen LogP contribution in [0.2, 0.25) is 0 Å². The predicted molar refractivity (Wildman–Crippen MR) is 106 cm³/mol. The van der Waals surface area contributed by atoms with Crippen molar-refractivity contribution in [3.63, 3.8) is 0 Å². The maximum atomic E-state index is 12.6. The van der Waals surface area contributed by atoms with Gasteiger partial charge in [0.05, 0.1) is 18.1 Å². The molecule has 0 bridgehead atoms. The molecule has 1 aliphatic rings. The molecule has 0 atom stereocenters. The molecule has 1 amide bonds. The molecule has 27 heavy (non-hydrogen) atoms. The van der Waals surface area contributed by atoms with E-state index < -0.39 is 0 Å². The number of benzene rings is 1. The summed E-state index contributed by atoms with van der Waals surface area (Å²) in [5.41, 5.74) is 4.62. The Hall–Kier alpha value is -2.82. The number of piperidine rings is 1. The van der Waals surface area contributed by atoms with Gasteiger partial charge in [-0.25, -0.2) is 0 Å². The molecule has 3 aromatic rings. The number of fused-ring (bicyclic) bond motifs is 1. The summed E-state index contributed by atoms with van der Waals surface area (Å²) in [6, 6.07) is 12.0. The molecule has 2 aromatic heterocycles. The van der Waals surface area contributed by atoms with Gasteiger partial charge in [-0.1, -0.05) is 12.1 Å². The van der Waals surface area contributed by atoms with Gasteiger partial charge in [0, 0.05) is 31.9 Å². The number of aromatic nitrogens is 2. The van der Waals surface area contributed by atoms with Gasteiger partial charge in [-0.15, -0.1) is 0 Å². The van der Waals surface area contributed by atoms with Crippen LogP contribution in [0.5, 0.6) is 5.75 Å². The van der Waals surface area contributed by atoms with Crippen LogP contribution in [-0.4, -0.2) is 41.0 Å². The van der Waals surface area contributed by atoms with Gasteiger partial charge in [0.15, 0.2) is 0 Å². The summed E-state index contributed by atoms with van der Waals surface area (Å²) in [5, 5.41) is 0. The minimum absolute atomic E-state index is 0.251. The first-order valence-electron chi connectivity index (χ1n) is 9.57. The zero-order chi connectivity index (χ0) is 18.6. The van der Waals surface area contributed by atoms with E-state index >= 15 is 0 Å². The fourth-order valence-corrected chi connectivity index (χ4v) is 3.93. The number of carbonyl (C=O) groups is 1. The van der Waals surface area contributed by atoms with E-state index in [4.69, 9.17) is 4.74 Å². The zero-order valence-corrected chi connectivity index (χ0v) is 15.6. The SMILES string of the molecule is COc1ccc(CCC(=O)N2CCC(c3c[nH]c4cccnc34)CC2)cc1. The van der Waals surface area contributed by atoms with Crippen LogP contribution < -0.4 is 4.74 Å². The average Bonchev–Trinajstić information content (AvgIpc) is 3.16. The Morgan fingerprint density at radius 3 is 2.74 bits per heavy atom. The maximum absolute atomic E-state index is 12.6. The number of ether oxygens (including phenoxy) is 1. The highest BCUT2D eigenvalue weighted by molar-refractivity contribution is 5.79. The van der Waals surface area contributed by atoms with Crippen molar-refractivity contribution in [2.24, 2.45) is 0 Å². The standard InChI is InChI=1S/C22H25N3O2/c1-27-18-7-4-16(5-8-18)6-9-21(26)25-13-10-17(11-14-25)19-15-24-20-3-2-12-23-22(19)20/h2-5,7-8,12,15,17,24H,6,9-11,13-14H2,1H3. The van der Waals surface area contributed by atoms with Crippen molar-refractivity contribution in [2.75, 3.05) is 20.2 Å². The molecule has 0 aliphatic carbocycles. The number of nitrogens with one attached hydrogen (secondary N) is 1. The Labute approximate surface area is 159 Å². The van der Waals surface area contributed by atoms with Gasteiger partial charge in [0.1, 0.15) is 5.75 Å². The number of rotatable bonds is 5. The number of nitrogens with zero attached hydrogens (tertiary/aromatic N) is 2. The van der Waals surface area contributed by atoms with Crippen molar-refractivity contribution in [1.29, 1.82) is 0 Å². The van der Waals surface area contributed by atoms with Crippen LogP contribution in [0.25, 0.3) is 11.0 Å². The Bertz CT molecular complexity index is 909. The molecule has 0 saturated carbocycles. The van der Waals surface area contributed by atoms with E-state index in [-0.39, 0.29) is 5.91 Å². The van der Waals surface area contributed by atoms with E-state index in [9.17, 15) is 4.79 Å². The van der Waals surface area contributed by atoms with Crippen LogP contribution in [0, 0.1) is 0 Å². The van der Waals surface area contributed by atoms with E-state index in [2.05, 4.69) is 22.2 Å². The lowest BCUT2D eigenvalue weighted by molar-refractivity contribution is -0.132. The van der Waals surface area contributed by atoms with Crippen LogP contribution in [-0.2, 0) is 11.2 Å². The van der Waals surface area contributed by atoms with Gasteiger partial charge < -0.3 is 14.6 Å². The number of methoxy groups -OCH3 is 1. The molecular weight excluding hydrogens is 338 g/mol. The number of carbonyl (C=O) groups excluding carboxylic acids is 1. The molecule has 3 heterocycles. The van der Waals surface area contributed by atoms with Crippen molar-refractivity contribution in [3.05, 3.63) is 59.9 Å². The van der Waals surface area contributed by atoms with Crippen molar-refractivity contribution >= 4 is 16.9 Å². The lowest BCUT2D eigenvalue weighted by Gasteiger charge is -2.32. The van der Waals surface area contributed by atoms with E-state index in [1.165, 1.54) is 11.1 Å². The highest BCUT2D eigenvalue weighted by Gasteiger charge is 2.25. The van der Waals surface area contributed by atoms with Crippen molar-refractivity contribution in [1.82, 2.24) is 14.9 Å². The fraction of sp³-hybridized carbons (Fsp3) is 0.364. The molecule has 0 radical (unpaired) electrons. The normalized spacial score (nSPS) is 15.2. The van der Waals surface area contributed by atoms with Crippen LogP contribution in [0.3, 0.4) is 0 Å². The molecular formula is C22H25N3O2. The molecule has 5 nitrogen and oxygen atoms in total. The lowest BCUT2D eigenvalue weighted by atomic mass is 9.90. The van der Waals surface area contributed by atoms with Gasteiger partial charge >= 0.3 is 0 Å². The second kappa shape index (κ2) is 7.82. The van der Waals surface area contributed by atoms with Crippen molar-refractivity contribution in [2.45, 2.75) is 31.6 Å². The molecule has 1 N–H and O–H groups in total. The predicted octanol–water partition coefficient (Wildman–Crippen LogP) is 3.91. The maximum Gasteiger partial charge on any atom is 0.222 e. The number of aryl methyl sites for hydroxylation is 1. The van der Waals surface area contributed by atoms with Gasteiger partial charge in [0.25, 0.3) is 0 Å². The average molecular weight is 363 g/mol. The molecule has 0 spiro atoms.